The second kappa shape index (κ2) is 6.72. The fourth-order valence-corrected chi connectivity index (χ4v) is 10.2. The van der Waals surface area contributed by atoms with E-state index in [4.69, 9.17) is 0 Å². The SMILES string of the molecule is CC(NC(=O)C(=O)NC(C)C12CC3CC(CC(C3)C1)C2)C12CC3CC(CC(C3)C1)C2. The van der Waals surface area contributed by atoms with Crippen molar-refractivity contribution in [1.29, 1.82) is 0 Å². The van der Waals surface area contributed by atoms with Crippen molar-refractivity contribution in [2.45, 2.75) is 103 Å². The van der Waals surface area contributed by atoms with Gasteiger partial charge in [0.1, 0.15) is 0 Å². The van der Waals surface area contributed by atoms with E-state index >= 15 is 0 Å². The van der Waals surface area contributed by atoms with Crippen molar-refractivity contribution in [2.75, 3.05) is 0 Å². The van der Waals surface area contributed by atoms with E-state index in [0.29, 0.717) is 0 Å². The Morgan fingerprint density at radius 1 is 0.567 bits per heavy atom. The van der Waals surface area contributed by atoms with Gasteiger partial charge in [0.25, 0.3) is 0 Å². The minimum Gasteiger partial charge on any atom is -0.345 e. The summed E-state index contributed by atoms with van der Waals surface area (Å²) in [5.74, 6) is 4.38. The number of carbonyl (C=O) groups excluding carboxylic acids is 2. The molecule has 4 heteroatoms. The summed E-state index contributed by atoms with van der Waals surface area (Å²) in [6.45, 7) is 4.33. The number of nitrogens with one attached hydrogen (secondary N) is 2. The van der Waals surface area contributed by atoms with Gasteiger partial charge < -0.3 is 10.6 Å². The molecule has 0 aliphatic heterocycles. The van der Waals surface area contributed by atoms with Crippen LogP contribution >= 0.6 is 0 Å². The van der Waals surface area contributed by atoms with Crippen LogP contribution in [0.5, 0.6) is 0 Å². The molecule has 8 bridgehead atoms. The van der Waals surface area contributed by atoms with E-state index in [-0.39, 0.29) is 22.9 Å². The highest BCUT2D eigenvalue weighted by atomic mass is 16.2. The summed E-state index contributed by atoms with van der Waals surface area (Å²) in [6, 6.07) is 0.220. The monoisotopic (exact) mass is 412 g/mol. The lowest BCUT2D eigenvalue weighted by atomic mass is 9.48. The van der Waals surface area contributed by atoms with E-state index in [2.05, 4.69) is 24.5 Å². The van der Waals surface area contributed by atoms with E-state index in [1.54, 1.807) is 0 Å². The average Bonchev–Trinajstić information content (AvgIpc) is 2.65. The second-order valence-electron chi connectivity index (χ2n) is 13.0. The van der Waals surface area contributed by atoms with Gasteiger partial charge in [-0.1, -0.05) is 0 Å². The average molecular weight is 413 g/mol. The standard InChI is InChI=1S/C26H40N2O2/c1-15(25-9-17-3-18(10-25)5-19(4-17)11-25)27-23(29)24(30)28-16(2)26-12-20-6-21(13-26)8-22(7-20)14-26/h15-22H,3-14H2,1-2H3,(H,27,29)(H,28,30). The van der Waals surface area contributed by atoms with Crippen molar-refractivity contribution in [2.24, 2.45) is 46.3 Å². The van der Waals surface area contributed by atoms with E-state index in [9.17, 15) is 9.59 Å². The van der Waals surface area contributed by atoms with Crippen LogP contribution in [0, 0.1) is 46.3 Å². The van der Waals surface area contributed by atoms with Gasteiger partial charge in [-0.05, 0) is 137 Å². The predicted molar refractivity (Wildman–Crippen MR) is 116 cm³/mol. The molecule has 0 saturated heterocycles. The van der Waals surface area contributed by atoms with Gasteiger partial charge in [-0.3, -0.25) is 9.59 Å². The predicted octanol–water partition coefficient (Wildman–Crippen LogP) is 4.43. The fourth-order valence-electron chi connectivity index (χ4n) is 10.2. The molecule has 2 unspecified atom stereocenters. The highest BCUT2D eigenvalue weighted by molar-refractivity contribution is 6.35. The lowest BCUT2D eigenvalue weighted by Gasteiger charge is -2.59. The van der Waals surface area contributed by atoms with Gasteiger partial charge in [0.05, 0.1) is 0 Å². The minimum absolute atomic E-state index is 0.110. The molecule has 0 spiro atoms. The lowest BCUT2D eigenvalue weighted by molar-refractivity contribution is -0.143. The van der Waals surface area contributed by atoms with Gasteiger partial charge in [0, 0.05) is 12.1 Å². The van der Waals surface area contributed by atoms with Crippen LogP contribution in [0.15, 0.2) is 0 Å². The summed E-state index contributed by atoms with van der Waals surface area (Å²) in [7, 11) is 0. The van der Waals surface area contributed by atoms with Crippen molar-refractivity contribution < 1.29 is 9.59 Å². The summed E-state index contributed by atoms with van der Waals surface area (Å²) in [4.78, 5) is 25.8. The highest BCUT2D eigenvalue weighted by Crippen LogP contribution is 2.62. The van der Waals surface area contributed by atoms with Gasteiger partial charge >= 0.3 is 11.8 Å². The van der Waals surface area contributed by atoms with Crippen molar-refractivity contribution in [3.63, 3.8) is 0 Å². The Morgan fingerprint density at radius 3 is 1.03 bits per heavy atom. The van der Waals surface area contributed by atoms with E-state index < -0.39 is 11.8 Å². The molecule has 0 aromatic carbocycles. The third kappa shape index (κ3) is 3.06. The summed E-state index contributed by atoms with van der Waals surface area (Å²) in [5.41, 5.74) is 0.493. The lowest BCUT2D eigenvalue weighted by Crippen LogP contribution is -2.60. The normalized spacial score (nSPS) is 49.7. The Kier molecular flexibility index (Phi) is 4.39. The summed E-state index contributed by atoms with van der Waals surface area (Å²) < 4.78 is 0. The third-order valence-electron chi connectivity index (χ3n) is 10.9. The van der Waals surface area contributed by atoms with Crippen molar-refractivity contribution >= 4 is 11.8 Å². The molecular formula is C26H40N2O2. The van der Waals surface area contributed by atoms with Gasteiger partial charge in [0.15, 0.2) is 0 Å². The molecule has 4 nitrogen and oxygen atoms in total. The van der Waals surface area contributed by atoms with Crippen LogP contribution in [0.1, 0.15) is 90.9 Å². The molecule has 166 valence electrons. The van der Waals surface area contributed by atoms with Crippen LogP contribution in [0.2, 0.25) is 0 Å². The Hall–Kier alpha value is -1.06. The molecule has 30 heavy (non-hydrogen) atoms. The van der Waals surface area contributed by atoms with Gasteiger partial charge in [-0.15, -0.1) is 0 Å². The zero-order valence-electron chi connectivity index (χ0n) is 18.9. The molecule has 8 aliphatic carbocycles. The van der Waals surface area contributed by atoms with E-state index in [0.717, 1.165) is 35.5 Å². The molecule has 8 rings (SSSR count). The fraction of sp³-hybridized carbons (Fsp3) is 0.923. The number of rotatable bonds is 4. The van der Waals surface area contributed by atoms with Crippen LogP contribution in [0.4, 0.5) is 0 Å². The molecule has 8 aliphatic rings. The number of hydrogen-bond acceptors (Lipinski definition) is 2. The highest BCUT2D eigenvalue weighted by Gasteiger charge is 2.55. The Morgan fingerprint density at radius 2 is 0.800 bits per heavy atom. The number of carbonyl (C=O) groups is 2. The molecular weight excluding hydrogens is 372 g/mol. The van der Waals surface area contributed by atoms with Crippen molar-refractivity contribution in [3.05, 3.63) is 0 Å². The molecule has 2 amide bonds. The van der Waals surface area contributed by atoms with E-state index in [1.807, 2.05) is 0 Å². The topological polar surface area (TPSA) is 58.2 Å². The second-order valence-corrected chi connectivity index (χ2v) is 13.0. The Balaban J connectivity index is 1.09. The van der Waals surface area contributed by atoms with Crippen molar-refractivity contribution in [3.8, 4) is 0 Å². The van der Waals surface area contributed by atoms with Crippen LogP contribution < -0.4 is 10.6 Å². The van der Waals surface area contributed by atoms with Crippen molar-refractivity contribution in [1.82, 2.24) is 10.6 Å². The molecule has 8 saturated carbocycles. The maximum atomic E-state index is 12.9. The van der Waals surface area contributed by atoms with Crippen LogP contribution in [0.25, 0.3) is 0 Å². The molecule has 0 aromatic heterocycles. The summed E-state index contributed by atoms with van der Waals surface area (Å²) in [5, 5.41) is 6.33. The maximum Gasteiger partial charge on any atom is 0.309 e. The molecule has 2 atom stereocenters. The first-order valence-corrected chi connectivity index (χ1v) is 12.9. The van der Waals surface area contributed by atoms with Crippen LogP contribution in [0.3, 0.4) is 0 Å². The summed E-state index contributed by atoms with van der Waals surface area (Å²) >= 11 is 0. The van der Waals surface area contributed by atoms with Gasteiger partial charge in [0.2, 0.25) is 0 Å². The largest absolute Gasteiger partial charge is 0.345 e. The number of amides is 2. The molecule has 0 heterocycles. The third-order valence-corrected chi connectivity index (χ3v) is 10.9. The summed E-state index contributed by atoms with van der Waals surface area (Å²) in [6.07, 6.45) is 16.0. The van der Waals surface area contributed by atoms with Crippen LogP contribution in [-0.4, -0.2) is 23.9 Å². The molecule has 0 aromatic rings. The van der Waals surface area contributed by atoms with Gasteiger partial charge in [-0.2, -0.15) is 0 Å². The first-order chi connectivity index (χ1) is 14.3. The zero-order valence-corrected chi connectivity index (χ0v) is 18.9. The zero-order chi connectivity index (χ0) is 20.7. The minimum atomic E-state index is -0.394. The molecule has 2 N–H and O–H groups in total. The van der Waals surface area contributed by atoms with E-state index in [1.165, 1.54) is 77.0 Å². The first kappa shape index (κ1) is 19.6. The van der Waals surface area contributed by atoms with Crippen LogP contribution in [-0.2, 0) is 9.59 Å². The Labute approximate surface area is 181 Å². The number of hydrogen-bond donors (Lipinski definition) is 2. The Bertz CT molecular complexity index is 611. The smallest absolute Gasteiger partial charge is 0.309 e. The molecule has 8 fully saturated rings. The molecule has 0 radical (unpaired) electrons. The van der Waals surface area contributed by atoms with Gasteiger partial charge in [-0.25, -0.2) is 0 Å². The first-order valence-electron chi connectivity index (χ1n) is 12.9. The quantitative estimate of drug-likeness (QED) is 0.671. The maximum absolute atomic E-state index is 12.9.